The van der Waals surface area contributed by atoms with Gasteiger partial charge < -0.3 is 10.6 Å². The van der Waals surface area contributed by atoms with E-state index in [4.69, 9.17) is 17.3 Å². The van der Waals surface area contributed by atoms with Crippen LogP contribution in [0, 0.1) is 11.3 Å². The summed E-state index contributed by atoms with van der Waals surface area (Å²) in [6, 6.07) is 0.105. The van der Waals surface area contributed by atoms with E-state index in [0.717, 1.165) is 13.0 Å². The number of alkyl halides is 1. The molecule has 1 saturated heterocycles. The zero-order valence-corrected chi connectivity index (χ0v) is 10.5. The predicted molar refractivity (Wildman–Crippen MR) is 62.8 cm³/mol. The maximum Gasteiger partial charge on any atom is 0.229 e. The molecule has 1 heterocycles. The predicted octanol–water partition coefficient (Wildman–Crippen LogP) is 1.45. The Morgan fingerprint density at radius 2 is 2.20 bits per heavy atom. The fraction of sp³-hybridized carbons (Fsp3) is 0.909. The zero-order chi connectivity index (χ0) is 11.6. The van der Waals surface area contributed by atoms with Crippen LogP contribution < -0.4 is 5.73 Å². The molecule has 15 heavy (non-hydrogen) atoms. The molecule has 0 aromatic rings. The summed E-state index contributed by atoms with van der Waals surface area (Å²) < 4.78 is 0. The first kappa shape index (κ1) is 12.8. The van der Waals surface area contributed by atoms with E-state index in [0.29, 0.717) is 18.3 Å². The fourth-order valence-corrected chi connectivity index (χ4v) is 1.88. The van der Waals surface area contributed by atoms with Gasteiger partial charge in [0.1, 0.15) is 0 Å². The van der Waals surface area contributed by atoms with E-state index < -0.39 is 5.41 Å². The molecular formula is C11H21ClN2O. The van der Waals surface area contributed by atoms with Crippen molar-refractivity contribution in [2.75, 3.05) is 19.0 Å². The molecule has 4 heteroatoms. The molecule has 1 fully saturated rings. The molecule has 0 aromatic carbocycles. The van der Waals surface area contributed by atoms with Gasteiger partial charge in [0.15, 0.2) is 0 Å². The van der Waals surface area contributed by atoms with Crippen molar-refractivity contribution in [3.63, 3.8) is 0 Å². The van der Waals surface area contributed by atoms with Crippen molar-refractivity contribution >= 4 is 17.5 Å². The number of hydrogen-bond donors (Lipinski definition) is 1. The Bertz CT molecular complexity index is 243. The lowest BCUT2D eigenvalue weighted by Gasteiger charge is -2.38. The Kier molecular flexibility index (Phi) is 4.01. The van der Waals surface area contributed by atoms with Crippen molar-refractivity contribution in [1.82, 2.24) is 4.90 Å². The molecule has 0 radical (unpaired) electrons. The van der Waals surface area contributed by atoms with E-state index in [1.807, 2.05) is 18.7 Å². The highest BCUT2D eigenvalue weighted by Crippen LogP contribution is 2.24. The summed E-state index contributed by atoms with van der Waals surface area (Å²) in [5, 5.41) is 0. The van der Waals surface area contributed by atoms with Crippen LogP contribution in [0.1, 0.15) is 27.2 Å². The lowest BCUT2D eigenvalue weighted by atomic mass is 9.89. The number of halogens is 1. The summed E-state index contributed by atoms with van der Waals surface area (Å²) in [4.78, 5) is 13.9. The van der Waals surface area contributed by atoms with Crippen molar-refractivity contribution in [2.45, 2.75) is 33.2 Å². The van der Waals surface area contributed by atoms with Gasteiger partial charge in [0, 0.05) is 25.0 Å². The van der Waals surface area contributed by atoms with Crippen molar-refractivity contribution in [1.29, 1.82) is 0 Å². The van der Waals surface area contributed by atoms with E-state index in [1.54, 1.807) is 0 Å². The minimum Gasteiger partial charge on any atom is -0.341 e. The van der Waals surface area contributed by atoms with Crippen LogP contribution in [0.25, 0.3) is 0 Å². The quantitative estimate of drug-likeness (QED) is 0.733. The van der Waals surface area contributed by atoms with Crippen LogP contribution in [0.2, 0.25) is 0 Å². The number of likely N-dealkylation sites (tertiary alicyclic amines) is 1. The summed E-state index contributed by atoms with van der Waals surface area (Å²) in [5.41, 5.74) is 5.49. The minimum absolute atomic E-state index is 0.105. The van der Waals surface area contributed by atoms with Crippen molar-refractivity contribution in [3.05, 3.63) is 0 Å². The number of amides is 1. The number of piperidine rings is 1. The molecular weight excluding hydrogens is 212 g/mol. The molecule has 88 valence electrons. The third-order valence-electron chi connectivity index (χ3n) is 3.22. The normalized spacial score (nSPS) is 27.9. The number of carbonyl (C=O) groups is 1. The second kappa shape index (κ2) is 4.71. The summed E-state index contributed by atoms with van der Waals surface area (Å²) in [5.74, 6) is 0.987. The van der Waals surface area contributed by atoms with Gasteiger partial charge in [-0.05, 0) is 26.2 Å². The average molecular weight is 233 g/mol. The van der Waals surface area contributed by atoms with Gasteiger partial charge in [0.2, 0.25) is 5.91 Å². The highest BCUT2D eigenvalue weighted by molar-refractivity contribution is 6.19. The molecule has 1 amide bonds. The largest absolute Gasteiger partial charge is 0.341 e. The maximum atomic E-state index is 12.1. The molecule has 2 N–H and O–H groups in total. The zero-order valence-electron chi connectivity index (χ0n) is 9.79. The van der Waals surface area contributed by atoms with Gasteiger partial charge >= 0.3 is 0 Å². The standard InChI is InChI=1S/C11H21ClN2O/c1-8-4-5-14(6-9(8)13)10(15)11(2,3)7-12/h8-9H,4-7,13H2,1-3H3. The second-order valence-corrected chi connectivity index (χ2v) is 5.47. The molecule has 0 spiro atoms. The van der Waals surface area contributed by atoms with Gasteiger partial charge in [-0.2, -0.15) is 0 Å². The van der Waals surface area contributed by atoms with E-state index in [-0.39, 0.29) is 11.9 Å². The Labute approximate surface area is 96.9 Å². The first-order valence-corrected chi connectivity index (χ1v) is 6.03. The summed E-state index contributed by atoms with van der Waals surface area (Å²) >= 11 is 5.79. The molecule has 0 aromatic heterocycles. The molecule has 2 atom stereocenters. The van der Waals surface area contributed by atoms with Crippen LogP contribution in [0.4, 0.5) is 0 Å². The molecule has 1 aliphatic heterocycles. The second-order valence-electron chi connectivity index (χ2n) is 5.20. The molecule has 2 unspecified atom stereocenters. The van der Waals surface area contributed by atoms with Crippen LogP contribution >= 0.6 is 11.6 Å². The van der Waals surface area contributed by atoms with Gasteiger partial charge in [-0.3, -0.25) is 4.79 Å². The number of hydrogen-bond acceptors (Lipinski definition) is 2. The summed E-state index contributed by atoms with van der Waals surface area (Å²) in [6.45, 7) is 7.38. The van der Waals surface area contributed by atoms with Crippen molar-refractivity contribution in [2.24, 2.45) is 17.1 Å². The number of rotatable bonds is 2. The molecule has 1 aliphatic rings. The van der Waals surface area contributed by atoms with Crippen LogP contribution in [-0.2, 0) is 4.79 Å². The SMILES string of the molecule is CC1CCN(C(=O)C(C)(C)CCl)CC1N. The molecule has 0 bridgehead atoms. The molecule has 3 nitrogen and oxygen atoms in total. The van der Waals surface area contributed by atoms with E-state index in [9.17, 15) is 4.79 Å². The Morgan fingerprint density at radius 3 is 2.67 bits per heavy atom. The van der Waals surface area contributed by atoms with Gasteiger partial charge in [-0.15, -0.1) is 11.6 Å². The molecule has 0 aliphatic carbocycles. The monoisotopic (exact) mass is 232 g/mol. The third-order valence-corrected chi connectivity index (χ3v) is 3.88. The van der Waals surface area contributed by atoms with Gasteiger partial charge in [-0.25, -0.2) is 0 Å². The lowest BCUT2D eigenvalue weighted by Crippen LogP contribution is -2.53. The number of nitrogens with zero attached hydrogens (tertiary/aromatic N) is 1. The summed E-state index contributed by atoms with van der Waals surface area (Å²) in [6.07, 6.45) is 0.991. The Balaban J connectivity index is 2.62. The smallest absolute Gasteiger partial charge is 0.229 e. The van der Waals surface area contributed by atoms with Gasteiger partial charge in [0.25, 0.3) is 0 Å². The first-order chi connectivity index (χ1) is 6.88. The van der Waals surface area contributed by atoms with Crippen LogP contribution in [-0.4, -0.2) is 35.8 Å². The maximum absolute atomic E-state index is 12.1. The average Bonchev–Trinajstić information content (AvgIpc) is 2.21. The third kappa shape index (κ3) is 2.85. The first-order valence-electron chi connectivity index (χ1n) is 5.49. The highest BCUT2D eigenvalue weighted by atomic mass is 35.5. The minimum atomic E-state index is -0.470. The topological polar surface area (TPSA) is 46.3 Å². The van der Waals surface area contributed by atoms with E-state index in [1.165, 1.54) is 0 Å². The van der Waals surface area contributed by atoms with Gasteiger partial charge in [-0.1, -0.05) is 6.92 Å². The van der Waals surface area contributed by atoms with Crippen LogP contribution in [0.3, 0.4) is 0 Å². The Morgan fingerprint density at radius 1 is 1.60 bits per heavy atom. The molecule has 1 rings (SSSR count). The van der Waals surface area contributed by atoms with E-state index in [2.05, 4.69) is 6.92 Å². The van der Waals surface area contributed by atoms with Crippen molar-refractivity contribution < 1.29 is 4.79 Å². The number of nitrogens with two attached hydrogens (primary N) is 1. The van der Waals surface area contributed by atoms with Crippen LogP contribution in [0.15, 0.2) is 0 Å². The lowest BCUT2D eigenvalue weighted by molar-refractivity contribution is -0.141. The van der Waals surface area contributed by atoms with E-state index >= 15 is 0 Å². The van der Waals surface area contributed by atoms with Crippen LogP contribution in [0.5, 0.6) is 0 Å². The van der Waals surface area contributed by atoms with Crippen molar-refractivity contribution in [3.8, 4) is 0 Å². The Hall–Kier alpha value is -0.280. The fourth-order valence-electron chi connectivity index (χ4n) is 1.77. The van der Waals surface area contributed by atoms with Gasteiger partial charge in [0.05, 0.1) is 5.41 Å². The molecule has 0 saturated carbocycles. The highest BCUT2D eigenvalue weighted by Gasteiger charge is 2.34. The summed E-state index contributed by atoms with van der Waals surface area (Å²) in [7, 11) is 0. The number of carbonyl (C=O) groups excluding carboxylic acids is 1.